The maximum atomic E-state index is 14.4. The van der Waals surface area contributed by atoms with Gasteiger partial charge in [-0.05, 0) is 66.8 Å². The highest BCUT2D eigenvalue weighted by Gasteiger charge is 2.47. The molecule has 1 N–H and O–H groups in total. The highest BCUT2D eigenvalue weighted by Crippen LogP contribution is 2.44. The van der Waals surface area contributed by atoms with Crippen LogP contribution in [0.4, 0.5) is 4.39 Å². The number of benzene rings is 3. The van der Waals surface area contributed by atoms with Crippen LogP contribution >= 0.6 is 23.2 Å². The van der Waals surface area contributed by atoms with Crippen molar-refractivity contribution in [3.8, 4) is 0 Å². The van der Waals surface area contributed by atoms with Crippen LogP contribution < -0.4 is 0 Å². The summed E-state index contributed by atoms with van der Waals surface area (Å²) in [5.41, 5.74) is 1.64. The summed E-state index contributed by atoms with van der Waals surface area (Å²) in [6.45, 7) is 3.38. The van der Waals surface area contributed by atoms with Gasteiger partial charge in [0.05, 0.1) is 12.5 Å². The van der Waals surface area contributed by atoms with E-state index in [0.717, 1.165) is 0 Å². The van der Waals surface area contributed by atoms with E-state index in [1.807, 2.05) is 6.92 Å². The van der Waals surface area contributed by atoms with Gasteiger partial charge in [0.1, 0.15) is 18.0 Å². The molecule has 1 aliphatic rings. The van der Waals surface area contributed by atoms with Crippen molar-refractivity contribution in [1.29, 1.82) is 0 Å². The fraction of sp³-hybridized carbons (Fsp3) is 0.355. The van der Waals surface area contributed by atoms with Gasteiger partial charge in [-0.25, -0.2) is 8.70 Å². The summed E-state index contributed by atoms with van der Waals surface area (Å²) in [6.07, 6.45) is -2.31. The third-order valence-corrected chi connectivity index (χ3v) is 8.97. The van der Waals surface area contributed by atoms with Crippen LogP contribution in [0.15, 0.2) is 72.8 Å². The van der Waals surface area contributed by atoms with Crippen LogP contribution in [-0.2, 0) is 32.0 Å². The lowest BCUT2D eigenvalue weighted by Gasteiger charge is -2.49. The number of ether oxygens (including phenoxy) is 1. The molecule has 3 aromatic rings. The molecule has 230 valence electrons. The van der Waals surface area contributed by atoms with Gasteiger partial charge in [-0.1, -0.05) is 72.6 Å². The number of hydrogen-bond acceptors (Lipinski definition) is 5. The summed E-state index contributed by atoms with van der Waals surface area (Å²) in [5.74, 6) is -2.24. The third kappa shape index (κ3) is 8.00. The molecule has 4 rings (SSSR count). The number of amides is 1. The average Bonchev–Trinajstić information content (AvgIpc) is 2.96. The fourth-order valence-corrected chi connectivity index (χ4v) is 6.48. The molecule has 1 fully saturated rings. The standard InChI is InChI=1S/C31H33Cl2FN2O6S/c1-3-25(18-35(43(40)41)19(2)15-21-7-4-5-10-26(21)34)36-29(20-11-13-23(32)14-12-20)30(22-8-6-9-24(33)16-22)42-27(31(36)39)17-28(37)38/h4-14,16,19,25,27,29-30H,3,15,17-18H2,1-2H3,(H,37,38)(H,40,41)/p-1/t19?,25-,27-,29+,30+/m0/s1. The van der Waals surface area contributed by atoms with E-state index in [2.05, 4.69) is 0 Å². The van der Waals surface area contributed by atoms with Crippen LogP contribution in [0.2, 0.25) is 10.0 Å². The molecule has 0 aliphatic carbocycles. The molecule has 1 saturated heterocycles. The lowest BCUT2D eigenvalue weighted by Crippen LogP contribution is -2.58. The molecule has 3 aromatic carbocycles. The first kappa shape index (κ1) is 33.0. The normalized spacial score (nSPS) is 21.0. The van der Waals surface area contributed by atoms with Crippen LogP contribution in [0.5, 0.6) is 0 Å². The minimum Gasteiger partial charge on any atom is -0.760 e. The molecule has 43 heavy (non-hydrogen) atoms. The van der Waals surface area contributed by atoms with Gasteiger partial charge in [-0.15, -0.1) is 0 Å². The summed E-state index contributed by atoms with van der Waals surface area (Å²) in [4.78, 5) is 27.4. The van der Waals surface area contributed by atoms with Gasteiger partial charge in [0.15, 0.2) is 0 Å². The lowest BCUT2D eigenvalue weighted by molar-refractivity contribution is -0.184. The molecule has 0 bridgehead atoms. The van der Waals surface area contributed by atoms with Crippen LogP contribution in [-0.4, -0.2) is 59.7 Å². The lowest BCUT2D eigenvalue weighted by atomic mass is 9.89. The van der Waals surface area contributed by atoms with E-state index < -0.39 is 65.7 Å². The summed E-state index contributed by atoms with van der Waals surface area (Å²) in [7, 11) is 0. The Morgan fingerprint density at radius 3 is 2.40 bits per heavy atom. The van der Waals surface area contributed by atoms with Gasteiger partial charge in [0, 0.05) is 39.9 Å². The fourth-order valence-electron chi connectivity index (χ4n) is 5.49. The Morgan fingerprint density at radius 2 is 1.79 bits per heavy atom. The Hall–Kier alpha value is -2.86. The van der Waals surface area contributed by atoms with E-state index in [1.165, 1.54) is 10.4 Å². The molecule has 0 aromatic heterocycles. The van der Waals surface area contributed by atoms with Gasteiger partial charge in [-0.2, -0.15) is 0 Å². The van der Waals surface area contributed by atoms with Gasteiger partial charge in [-0.3, -0.25) is 13.8 Å². The van der Waals surface area contributed by atoms with Crippen molar-refractivity contribution in [3.63, 3.8) is 0 Å². The Bertz CT molecular complexity index is 1460. The van der Waals surface area contributed by atoms with Crippen molar-refractivity contribution in [1.82, 2.24) is 9.21 Å². The quantitative estimate of drug-likeness (QED) is 0.237. The van der Waals surface area contributed by atoms with E-state index in [1.54, 1.807) is 78.6 Å². The predicted octanol–water partition coefficient (Wildman–Crippen LogP) is 6.12. The first-order valence-corrected chi connectivity index (χ1v) is 15.6. The van der Waals surface area contributed by atoms with Crippen LogP contribution in [0.3, 0.4) is 0 Å². The number of carbonyl (C=O) groups excluding carboxylic acids is 1. The zero-order chi connectivity index (χ0) is 31.3. The number of carboxylic acid groups (broad SMARTS) is 1. The smallest absolute Gasteiger partial charge is 0.306 e. The minimum absolute atomic E-state index is 0.111. The Labute approximate surface area is 262 Å². The molecule has 1 amide bonds. The molecule has 0 radical (unpaired) electrons. The van der Waals surface area contributed by atoms with E-state index in [9.17, 15) is 27.8 Å². The van der Waals surface area contributed by atoms with Crippen molar-refractivity contribution in [2.45, 2.75) is 63.4 Å². The number of morpholine rings is 1. The second-order valence-electron chi connectivity index (χ2n) is 10.5. The zero-order valence-electron chi connectivity index (χ0n) is 23.6. The summed E-state index contributed by atoms with van der Waals surface area (Å²) < 4.78 is 46.9. The highest BCUT2D eigenvalue weighted by atomic mass is 35.5. The molecular formula is C31H32Cl2FN2O6S-. The van der Waals surface area contributed by atoms with E-state index in [-0.39, 0.29) is 13.0 Å². The summed E-state index contributed by atoms with van der Waals surface area (Å²) >= 11 is 9.79. The molecule has 0 spiro atoms. The largest absolute Gasteiger partial charge is 0.760 e. The number of aliphatic carboxylic acids is 1. The van der Waals surface area contributed by atoms with Gasteiger partial charge < -0.3 is 19.3 Å². The van der Waals surface area contributed by atoms with Crippen LogP contribution in [0.1, 0.15) is 55.5 Å². The Morgan fingerprint density at radius 1 is 1.09 bits per heavy atom. The summed E-state index contributed by atoms with van der Waals surface area (Å²) in [6, 6.07) is 17.8. The number of nitrogens with zero attached hydrogens (tertiary/aromatic N) is 2. The maximum Gasteiger partial charge on any atom is 0.306 e. The molecule has 2 unspecified atom stereocenters. The molecule has 12 heteroatoms. The van der Waals surface area contributed by atoms with E-state index in [0.29, 0.717) is 33.2 Å². The monoisotopic (exact) mass is 649 g/mol. The van der Waals surface area contributed by atoms with Gasteiger partial charge >= 0.3 is 5.97 Å². The van der Waals surface area contributed by atoms with Crippen molar-refractivity contribution < 1.29 is 32.6 Å². The number of carboxylic acids is 1. The number of hydrogen-bond donors (Lipinski definition) is 1. The first-order chi connectivity index (χ1) is 20.5. The molecule has 8 nitrogen and oxygen atoms in total. The molecule has 0 saturated carbocycles. The Balaban J connectivity index is 1.79. The predicted molar refractivity (Wildman–Crippen MR) is 162 cm³/mol. The summed E-state index contributed by atoms with van der Waals surface area (Å²) in [5, 5.41) is 10.5. The number of rotatable bonds is 12. The minimum atomic E-state index is -2.71. The number of halogens is 3. The van der Waals surface area contributed by atoms with E-state index in [4.69, 9.17) is 27.9 Å². The molecule has 1 aliphatic heterocycles. The van der Waals surface area contributed by atoms with Crippen molar-refractivity contribution >= 4 is 46.3 Å². The SMILES string of the molecule is CC[C@@H](CN(C(C)Cc1ccccc1F)S(=O)[O-])N1C(=O)[C@H](CC(=O)O)O[C@H](c2cccc(Cl)c2)[C@H]1c1ccc(Cl)cc1. The van der Waals surface area contributed by atoms with Gasteiger partial charge in [0.25, 0.3) is 5.91 Å². The molecule has 1 heterocycles. The first-order valence-electron chi connectivity index (χ1n) is 13.8. The highest BCUT2D eigenvalue weighted by molar-refractivity contribution is 7.76. The topological polar surface area (TPSA) is 110 Å². The number of carbonyl (C=O) groups is 2. The molecule has 6 atom stereocenters. The van der Waals surface area contributed by atoms with Crippen LogP contribution in [0.25, 0.3) is 0 Å². The zero-order valence-corrected chi connectivity index (χ0v) is 25.9. The second kappa shape index (κ2) is 14.7. The maximum absolute atomic E-state index is 14.4. The third-order valence-electron chi connectivity index (χ3n) is 7.59. The molecular weight excluding hydrogens is 618 g/mol. The van der Waals surface area contributed by atoms with Crippen molar-refractivity contribution in [2.75, 3.05) is 6.54 Å². The van der Waals surface area contributed by atoms with Crippen LogP contribution in [0, 0.1) is 5.82 Å². The van der Waals surface area contributed by atoms with Gasteiger partial charge in [0.2, 0.25) is 0 Å². The van der Waals surface area contributed by atoms with Crippen molar-refractivity contribution in [3.05, 3.63) is 105 Å². The van der Waals surface area contributed by atoms with Crippen molar-refractivity contribution in [2.24, 2.45) is 0 Å². The average molecular weight is 651 g/mol. The second-order valence-corrected chi connectivity index (χ2v) is 12.2. The van der Waals surface area contributed by atoms with E-state index >= 15 is 0 Å². The Kier molecular flexibility index (Phi) is 11.3.